The van der Waals surface area contributed by atoms with E-state index in [-0.39, 0.29) is 23.7 Å². The van der Waals surface area contributed by atoms with Crippen LogP contribution in [0.4, 0.5) is 4.39 Å². The van der Waals surface area contributed by atoms with E-state index in [9.17, 15) is 9.18 Å². The van der Waals surface area contributed by atoms with E-state index in [1.807, 2.05) is 13.0 Å². The van der Waals surface area contributed by atoms with Crippen molar-refractivity contribution in [3.05, 3.63) is 35.1 Å². The zero-order valence-electron chi connectivity index (χ0n) is 11.7. The molecule has 3 nitrogen and oxygen atoms in total. The molecule has 4 heteroatoms. The van der Waals surface area contributed by atoms with Gasteiger partial charge in [0, 0.05) is 0 Å². The smallest absolute Gasteiger partial charge is 0.240 e. The van der Waals surface area contributed by atoms with Crippen LogP contribution < -0.4 is 11.1 Å². The molecule has 1 aliphatic carbocycles. The van der Waals surface area contributed by atoms with Gasteiger partial charge in [0.15, 0.2) is 0 Å². The average molecular weight is 264 g/mol. The van der Waals surface area contributed by atoms with Crippen molar-refractivity contribution in [1.29, 1.82) is 0 Å². The first-order valence-corrected chi connectivity index (χ1v) is 6.68. The summed E-state index contributed by atoms with van der Waals surface area (Å²) < 4.78 is 13.5. The molecule has 1 aromatic carbocycles. The normalized spacial score (nSPS) is 19.6. The van der Waals surface area contributed by atoms with Crippen LogP contribution in [0, 0.1) is 18.7 Å². The quantitative estimate of drug-likeness (QED) is 0.877. The topological polar surface area (TPSA) is 55.1 Å². The number of nitrogens with one attached hydrogen (secondary N) is 1. The molecule has 2 rings (SSSR count). The second-order valence-electron chi connectivity index (χ2n) is 5.76. The molecule has 104 valence electrons. The number of benzene rings is 1. The molecule has 0 spiro atoms. The van der Waals surface area contributed by atoms with Crippen molar-refractivity contribution >= 4 is 5.91 Å². The number of hydrogen-bond donors (Lipinski definition) is 2. The molecule has 2 atom stereocenters. The predicted molar refractivity (Wildman–Crippen MR) is 73.0 cm³/mol. The molecule has 0 saturated heterocycles. The van der Waals surface area contributed by atoms with Crippen molar-refractivity contribution in [1.82, 2.24) is 5.32 Å². The van der Waals surface area contributed by atoms with Crippen LogP contribution >= 0.6 is 0 Å². The van der Waals surface area contributed by atoms with Gasteiger partial charge in [-0.25, -0.2) is 4.39 Å². The number of rotatable bonds is 4. The first-order valence-electron chi connectivity index (χ1n) is 6.68. The van der Waals surface area contributed by atoms with Crippen molar-refractivity contribution in [2.24, 2.45) is 11.7 Å². The zero-order valence-corrected chi connectivity index (χ0v) is 11.7. The van der Waals surface area contributed by atoms with E-state index in [0.29, 0.717) is 5.56 Å². The first kappa shape index (κ1) is 14.0. The van der Waals surface area contributed by atoms with Crippen LogP contribution in [0.2, 0.25) is 0 Å². The molecule has 3 N–H and O–H groups in total. The van der Waals surface area contributed by atoms with E-state index in [0.717, 1.165) is 18.4 Å². The standard InChI is InChI=1S/C15H21FN2O/c1-9-4-5-11(8-13(9)16)10(2)18-14(19)15(3,17)12-6-7-12/h4-5,8,10,12H,6-7,17H2,1-3H3,(H,18,19). The average Bonchev–Trinajstić information content (AvgIpc) is 3.16. The summed E-state index contributed by atoms with van der Waals surface area (Å²) in [5, 5.41) is 2.87. The number of nitrogens with two attached hydrogens (primary N) is 1. The maximum absolute atomic E-state index is 13.5. The van der Waals surface area contributed by atoms with Crippen molar-refractivity contribution in [2.75, 3.05) is 0 Å². The number of carbonyl (C=O) groups excluding carboxylic acids is 1. The predicted octanol–water partition coefficient (Wildman–Crippen LogP) is 2.44. The Balaban J connectivity index is 2.06. The van der Waals surface area contributed by atoms with Gasteiger partial charge in [-0.05, 0) is 56.7 Å². The molecule has 1 fully saturated rings. The van der Waals surface area contributed by atoms with Gasteiger partial charge < -0.3 is 11.1 Å². The number of carbonyl (C=O) groups is 1. The largest absolute Gasteiger partial charge is 0.348 e. The third-order valence-corrected chi connectivity index (χ3v) is 3.96. The van der Waals surface area contributed by atoms with E-state index in [2.05, 4.69) is 5.32 Å². The lowest BCUT2D eigenvalue weighted by Gasteiger charge is -2.26. The minimum absolute atomic E-state index is 0.163. The molecule has 2 unspecified atom stereocenters. The van der Waals surface area contributed by atoms with Crippen LogP contribution in [-0.2, 0) is 4.79 Å². The van der Waals surface area contributed by atoms with Gasteiger partial charge in [0.05, 0.1) is 11.6 Å². The molecule has 0 heterocycles. The van der Waals surface area contributed by atoms with Gasteiger partial charge in [0.1, 0.15) is 5.82 Å². The Labute approximate surface area is 113 Å². The van der Waals surface area contributed by atoms with E-state index < -0.39 is 5.54 Å². The molecule has 1 aliphatic rings. The third kappa shape index (κ3) is 2.95. The molecule has 0 aliphatic heterocycles. The Morgan fingerprint density at radius 1 is 1.53 bits per heavy atom. The van der Waals surface area contributed by atoms with Crippen molar-refractivity contribution < 1.29 is 9.18 Å². The molecular weight excluding hydrogens is 243 g/mol. The maximum atomic E-state index is 13.5. The van der Waals surface area contributed by atoms with E-state index in [1.165, 1.54) is 6.07 Å². The van der Waals surface area contributed by atoms with Gasteiger partial charge in [0.25, 0.3) is 0 Å². The highest BCUT2D eigenvalue weighted by Crippen LogP contribution is 2.38. The maximum Gasteiger partial charge on any atom is 0.240 e. The summed E-state index contributed by atoms with van der Waals surface area (Å²) in [7, 11) is 0. The fourth-order valence-corrected chi connectivity index (χ4v) is 2.18. The Morgan fingerprint density at radius 2 is 2.16 bits per heavy atom. The molecular formula is C15H21FN2O. The minimum Gasteiger partial charge on any atom is -0.348 e. The summed E-state index contributed by atoms with van der Waals surface area (Å²) >= 11 is 0. The molecule has 0 bridgehead atoms. The highest BCUT2D eigenvalue weighted by Gasteiger charge is 2.44. The van der Waals surface area contributed by atoms with Crippen LogP contribution in [0.25, 0.3) is 0 Å². The number of aryl methyl sites for hydroxylation is 1. The molecule has 1 amide bonds. The van der Waals surface area contributed by atoms with Crippen LogP contribution in [0.3, 0.4) is 0 Å². The zero-order chi connectivity index (χ0) is 14.2. The summed E-state index contributed by atoms with van der Waals surface area (Å²) in [6, 6.07) is 4.76. The number of amides is 1. The second kappa shape index (κ2) is 4.93. The van der Waals surface area contributed by atoms with Crippen molar-refractivity contribution in [3.8, 4) is 0 Å². The molecule has 1 aromatic rings. The fourth-order valence-electron chi connectivity index (χ4n) is 2.18. The Morgan fingerprint density at radius 3 is 2.68 bits per heavy atom. The van der Waals surface area contributed by atoms with E-state index >= 15 is 0 Å². The Kier molecular flexibility index (Phi) is 3.63. The van der Waals surface area contributed by atoms with Crippen LogP contribution in [0.5, 0.6) is 0 Å². The third-order valence-electron chi connectivity index (χ3n) is 3.96. The van der Waals surface area contributed by atoms with Gasteiger partial charge in [-0.15, -0.1) is 0 Å². The summed E-state index contributed by atoms with van der Waals surface area (Å²) in [5.41, 5.74) is 6.59. The van der Waals surface area contributed by atoms with Gasteiger partial charge in [-0.2, -0.15) is 0 Å². The summed E-state index contributed by atoms with van der Waals surface area (Å²) in [6.45, 7) is 5.32. The van der Waals surface area contributed by atoms with Gasteiger partial charge in [-0.3, -0.25) is 4.79 Å². The van der Waals surface area contributed by atoms with Crippen LogP contribution in [-0.4, -0.2) is 11.4 Å². The van der Waals surface area contributed by atoms with Crippen molar-refractivity contribution in [3.63, 3.8) is 0 Å². The SMILES string of the molecule is Cc1ccc(C(C)NC(=O)C(C)(N)C2CC2)cc1F. The summed E-state index contributed by atoms with van der Waals surface area (Å²) in [4.78, 5) is 12.2. The minimum atomic E-state index is -0.822. The second-order valence-corrected chi connectivity index (χ2v) is 5.76. The van der Waals surface area contributed by atoms with Gasteiger partial charge in [-0.1, -0.05) is 12.1 Å². The lowest BCUT2D eigenvalue weighted by Crippen LogP contribution is -2.53. The van der Waals surface area contributed by atoms with Gasteiger partial charge in [0.2, 0.25) is 5.91 Å². The highest BCUT2D eigenvalue weighted by molar-refractivity contribution is 5.86. The first-order chi connectivity index (χ1) is 8.82. The highest BCUT2D eigenvalue weighted by atomic mass is 19.1. The number of halogens is 1. The molecule has 0 aromatic heterocycles. The Hall–Kier alpha value is -1.42. The number of hydrogen-bond acceptors (Lipinski definition) is 2. The van der Waals surface area contributed by atoms with Crippen LogP contribution in [0.15, 0.2) is 18.2 Å². The molecule has 1 saturated carbocycles. The molecule has 0 radical (unpaired) electrons. The van der Waals surface area contributed by atoms with Gasteiger partial charge >= 0.3 is 0 Å². The lowest BCUT2D eigenvalue weighted by molar-refractivity contribution is -0.127. The van der Waals surface area contributed by atoms with E-state index in [1.54, 1.807) is 19.9 Å². The Bertz CT molecular complexity index is 495. The monoisotopic (exact) mass is 264 g/mol. The lowest BCUT2D eigenvalue weighted by atomic mass is 9.95. The summed E-state index contributed by atoms with van der Waals surface area (Å²) in [5.74, 6) is -0.144. The fraction of sp³-hybridized carbons (Fsp3) is 0.533. The van der Waals surface area contributed by atoms with E-state index in [4.69, 9.17) is 5.73 Å². The summed E-state index contributed by atoms with van der Waals surface area (Å²) in [6.07, 6.45) is 2.02. The van der Waals surface area contributed by atoms with Crippen molar-refractivity contribution in [2.45, 2.75) is 45.2 Å². The molecule has 19 heavy (non-hydrogen) atoms. The van der Waals surface area contributed by atoms with Crippen LogP contribution in [0.1, 0.15) is 43.9 Å².